The van der Waals surface area contributed by atoms with Gasteiger partial charge >= 0.3 is 5.97 Å². The molecule has 1 aromatic heterocycles. The monoisotopic (exact) mass is 322 g/mol. The molecule has 8 nitrogen and oxygen atoms in total. The summed E-state index contributed by atoms with van der Waals surface area (Å²) in [6.07, 6.45) is 1.91. The van der Waals surface area contributed by atoms with Crippen LogP contribution in [0.5, 0.6) is 5.75 Å². The highest BCUT2D eigenvalue weighted by Gasteiger charge is 2.51. The molecule has 0 radical (unpaired) electrons. The van der Waals surface area contributed by atoms with Crippen molar-refractivity contribution in [2.75, 3.05) is 13.7 Å². The van der Waals surface area contributed by atoms with Gasteiger partial charge in [-0.3, -0.25) is 9.59 Å². The predicted octanol–water partition coefficient (Wildman–Crippen LogP) is 0.536. The molecular formula is C15H18N2O6. The number of amides is 1. The Bertz CT molecular complexity index is 755. The minimum Gasteiger partial charge on any atom is -0.491 e. The van der Waals surface area contributed by atoms with Gasteiger partial charge in [0.1, 0.15) is 5.56 Å². The molecule has 0 bridgehead atoms. The molecule has 8 heteroatoms. The molecule has 2 aliphatic heterocycles. The standard InChI is InChI=1S/C15H18N2O6/c1-4-8-6-23-15(2)7-16-5-9(14(20)21)11(18)12(22-3)10(16)13(19)17(8)15/h5,8H,4,6-7H2,1-3H3,(H,20,21)/t8-,15+/m0/s1. The third-order valence-electron chi connectivity index (χ3n) is 4.49. The van der Waals surface area contributed by atoms with Crippen molar-refractivity contribution in [3.05, 3.63) is 27.7 Å². The van der Waals surface area contributed by atoms with Crippen LogP contribution in [0.1, 0.15) is 41.1 Å². The van der Waals surface area contributed by atoms with Crippen molar-refractivity contribution in [3.8, 4) is 5.75 Å². The van der Waals surface area contributed by atoms with Gasteiger partial charge in [-0.2, -0.15) is 0 Å². The number of rotatable bonds is 3. The lowest BCUT2D eigenvalue weighted by molar-refractivity contribution is -0.0757. The molecule has 124 valence electrons. The van der Waals surface area contributed by atoms with E-state index >= 15 is 0 Å². The van der Waals surface area contributed by atoms with Gasteiger partial charge in [0.25, 0.3) is 5.91 Å². The Labute approximate surface area is 132 Å². The summed E-state index contributed by atoms with van der Waals surface area (Å²) < 4.78 is 12.3. The molecule has 23 heavy (non-hydrogen) atoms. The number of aromatic carboxylic acids is 1. The molecule has 0 saturated carbocycles. The Morgan fingerprint density at radius 2 is 2.22 bits per heavy atom. The predicted molar refractivity (Wildman–Crippen MR) is 78.8 cm³/mol. The molecule has 1 N–H and O–H groups in total. The first-order chi connectivity index (χ1) is 10.8. The van der Waals surface area contributed by atoms with E-state index in [0.717, 1.165) is 6.42 Å². The number of fused-ring (bicyclic) bond motifs is 2. The smallest absolute Gasteiger partial charge is 0.341 e. The largest absolute Gasteiger partial charge is 0.491 e. The van der Waals surface area contributed by atoms with Crippen LogP contribution in [-0.2, 0) is 11.3 Å². The van der Waals surface area contributed by atoms with Crippen molar-refractivity contribution < 1.29 is 24.2 Å². The Morgan fingerprint density at radius 3 is 2.78 bits per heavy atom. The van der Waals surface area contributed by atoms with Crippen molar-refractivity contribution in [1.29, 1.82) is 0 Å². The van der Waals surface area contributed by atoms with E-state index in [2.05, 4.69) is 0 Å². The lowest BCUT2D eigenvalue weighted by atomic mass is 10.0. The molecule has 0 unspecified atom stereocenters. The molecule has 3 heterocycles. The molecule has 1 amide bonds. The normalized spacial score (nSPS) is 26.0. The molecule has 1 fully saturated rings. The number of carbonyl (C=O) groups is 2. The number of carbonyl (C=O) groups excluding carboxylic acids is 1. The van der Waals surface area contributed by atoms with Crippen molar-refractivity contribution >= 4 is 11.9 Å². The Balaban J connectivity index is 2.25. The second kappa shape index (κ2) is 5.09. The summed E-state index contributed by atoms with van der Waals surface area (Å²) in [7, 11) is 1.25. The fourth-order valence-electron chi connectivity index (χ4n) is 3.36. The second-order valence-electron chi connectivity index (χ2n) is 5.91. The summed E-state index contributed by atoms with van der Waals surface area (Å²) in [4.78, 5) is 38.1. The van der Waals surface area contributed by atoms with Gasteiger partial charge in [-0.1, -0.05) is 6.92 Å². The molecular weight excluding hydrogens is 304 g/mol. The molecule has 3 rings (SSSR count). The SMILES string of the molecule is CC[C@H]1CO[C@]2(C)Cn3cc(C(=O)O)c(=O)c(OC)c3C(=O)N12. The number of aromatic nitrogens is 1. The number of carboxylic acid groups (broad SMARTS) is 1. The van der Waals surface area contributed by atoms with E-state index in [1.165, 1.54) is 17.9 Å². The summed E-state index contributed by atoms with van der Waals surface area (Å²) in [6, 6.07) is -0.0831. The van der Waals surface area contributed by atoms with Gasteiger partial charge in [0.2, 0.25) is 5.43 Å². The third-order valence-corrected chi connectivity index (χ3v) is 4.49. The third kappa shape index (κ3) is 2.05. The van der Waals surface area contributed by atoms with Crippen LogP contribution in [0.15, 0.2) is 11.0 Å². The topological polar surface area (TPSA) is 98.1 Å². The van der Waals surface area contributed by atoms with E-state index in [1.807, 2.05) is 6.92 Å². The van der Waals surface area contributed by atoms with E-state index in [-0.39, 0.29) is 29.9 Å². The zero-order valence-corrected chi connectivity index (χ0v) is 13.2. The maximum atomic E-state index is 12.9. The highest BCUT2D eigenvalue weighted by atomic mass is 16.5. The van der Waals surface area contributed by atoms with Crippen LogP contribution in [0.4, 0.5) is 0 Å². The first kappa shape index (κ1) is 15.5. The minimum absolute atomic E-state index is 0.0731. The molecule has 0 spiro atoms. The first-order valence-electron chi connectivity index (χ1n) is 7.36. The van der Waals surface area contributed by atoms with E-state index in [9.17, 15) is 19.5 Å². The maximum Gasteiger partial charge on any atom is 0.341 e. The Hall–Kier alpha value is -2.35. The van der Waals surface area contributed by atoms with Crippen LogP contribution in [0.2, 0.25) is 0 Å². The molecule has 0 aromatic carbocycles. The molecule has 2 atom stereocenters. The van der Waals surface area contributed by atoms with Crippen molar-refractivity contribution in [2.45, 2.75) is 38.6 Å². The first-order valence-corrected chi connectivity index (χ1v) is 7.36. The average molecular weight is 322 g/mol. The van der Waals surface area contributed by atoms with Crippen molar-refractivity contribution in [1.82, 2.24) is 9.47 Å². The van der Waals surface area contributed by atoms with E-state index in [0.29, 0.717) is 6.61 Å². The van der Waals surface area contributed by atoms with Gasteiger partial charge in [-0.15, -0.1) is 0 Å². The van der Waals surface area contributed by atoms with Crippen LogP contribution < -0.4 is 10.2 Å². The summed E-state index contributed by atoms with van der Waals surface area (Å²) in [6.45, 7) is 4.39. The van der Waals surface area contributed by atoms with Gasteiger partial charge in [0.05, 0.1) is 26.3 Å². The summed E-state index contributed by atoms with van der Waals surface area (Å²) in [5.74, 6) is -1.98. The quantitative estimate of drug-likeness (QED) is 0.872. The summed E-state index contributed by atoms with van der Waals surface area (Å²) in [5.41, 5.74) is -2.01. The number of methoxy groups -OCH3 is 1. The van der Waals surface area contributed by atoms with Crippen molar-refractivity contribution in [3.63, 3.8) is 0 Å². The highest BCUT2D eigenvalue weighted by Crippen LogP contribution is 2.37. The Morgan fingerprint density at radius 1 is 1.52 bits per heavy atom. The van der Waals surface area contributed by atoms with Gasteiger partial charge in [-0.05, 0) is 13.3 Å². The molecule has 2 aliphatic rings. The van der Waals surface area contributed by atoms with Gasteiger partial charge < -0.3 is 24.0 Å². The number of hydrogen-bond donors (Lipinski definition) is 1. The lowest BCUT2D eigenvalue weighted by Gasteiger charge is -2.41. The summed E-state index contributed by atoms with van der Waals surface area (Å²) in [5, 5.41) is 9.19. The fraction of sp³-hybridized carbons (Fsp3) is 0.533. The van der Waals surface area contributed by atoms with Crippen LogP contribution in [0, 0.1) is 0 Å². The lowest BCUT2D eigenvalue weighted by Crippen LogP contribution is -2.56. The Kier molecular flexibility index (Phi) is 3.44. The number of carboxylic acids is 1. The second-order valence-corrected chi connectivity index (χ2v) is 5.91. The fourth-order valence-corrected chi connectivity index (χ4v) is 3.36. The number of nitrogens with zero attached hydrogens (tertiary/aromatic N) is 2. The highest BCUT2D eigenvalue weighted by molar-refractivity contribution is 5.98. The zero-order valence-electron chi connectivity index (χ0n) is 13.2. The maximum absolute atomic E-state index is 12.9. The van der Waals surface area contributed by atoms with E-state index in [1.54, 1.807) is 11.8 Å². The summed E-state index contributed by atoms with van der Waals surface area (Å²) >= 11 is 0. The van der Waals surface area contributed by atoms with Gasteiger partial charge in [0.15, 0.2) is 17.2 Å². The number of pyridine rings is 1. The number of ether oxygens (including phenoxy) is 2. The molecule has 1 saturated heterocycles. The number of hydrogen-bond acceptors (Lipinski definition) is 5. The van der Waals surface area contributed by atoms with Crippen LogP contribution >= 0.6 is 0 Å². The van der Waals surface area contributed by atoms with Crippen LogP contribution in [0.3, 0.4) is 0 Å². The average Bonchev–Trinajstić information content (AvgIpc) is 2.84. The van der Waals surface area contributed by atoms with Gasteiger partial charge in [0, 0.05) is 6.20 Å². The minimum atomic E-state index is -1.36. The van der Waals surface area contributed by atoms with E-state index < -0.39 is 22.7 Å². The van der Waals surface area contributed by atoms with Crippen LogP contribution in [-0.4, -0.2) is 51.9 Å². The van der Waals surface area contributed by atoms with Crippen LogP contribution in [0.25, 0.3) is 0 Å². The van der Waals surface area contributed by atoms with Gasteiger partial charge in [-0.25, -0.2) is 4.79 Å². The zero-order chi connectivity index (χ0) is 16.9. The van der Waals surface area contributed by atoms with Crippen molar-refractivity contribution in [2.24, 2.45) is 0 Å². The molecule has 1 aromatic rings. The van der Waals surface area contributed by atoms with E-state index in [4.69, 9.17) is 9.47 Å². The molecule has 0 aliphatic carbocycles.